The first kappa shape index (κ1) is 20.4. The number of nitrogens with one attached hydrogen (secondary N) is 1. The summed E-state index contributed by atoms with van der Waals surface area (Å²) in [6.07, 6.45) is 0.622. The Hall–Kier alpha value is -2.55. The normalized spacial score (nSPS) is 32.3. The molecule has 0 radical (unpaired) electrons. The van der Waals surface area contributed by atoms with Gasteiger partial charge in [0.05, 0.1) is 6.61 Å². The first-order chi connectivity index (χ1) is 15.1. The van der Waals surface area contributed by atoms with Gasteiger partial charge in [0.15, 0.2) is 18.4 Å². The number of aliphatic hydroxyl groups excluding tert-OH is 1. The summed E-state index contributed by atoms with van der Waals surface area (Å²) in [6.45, 7) is 0.293. The van der Waals surface area contributed by atoms with E-state index in [1.807, 2.05) is 54.6 Å². The number of aliphatic hydroxyl groups is 1. The predicted molar refractivity (Wildman–Crippen MR) is 113 cm³/mol. The van der Waals surface area contributed by atoms with Gasteiger partial charge in [0.25, 0.3) is 0 Å². The van der Waals surface area contributed by atoms with Gasteiger partial charge in [0.1, 0.15) is 24.4 Å². The Morgan fingerprint density at radius 2 is 1.94 bits per heavy atom. The number of anilines is 1. The van der Waals surface area contributed by atoms with Gasteiger partial charge in [-0.25, -0.2) is 0 Å². The zero-order valence-corrected chi connectivity index (χ0v) is 17.1. The van der Waals surface area contributed by atoms with Crippen LogP contribution in [-0.2, 0) is 30.2 Å². The van der Waals surface area contributed by atoms with Crippen molar-refractivity contribution in [2.45, 2.75) is 43.4 Å². The predicted octanol–water partition coefficient (Wildman–Crippen LogP) is 2.45. The summed E-state index contributed by atoms with van der Waals surface area (Å²) in [6, 6.07) is 14.9. The van der Waals surface area contributed by atoms with Crippen LogP contribution in [-0.4, -0.2) is 55.3 Å². The van der Waals surface area contributed by atoms with E-state index < -0.39 is 36.9 Å². The monoisotopic (exact) mass is 423 g/mol. The van der Waals surface area contributed by atoms with Crippen LogP contribution in [0.25, 0.3) is 6.08 Å². The fourth-order valence-electron chi connectivity index (χ4n) is 4.36. The van der Waals surface area contributed by atoms with Gasteiger partial charge < -0.3 is 29.4 Å². The lowest BCUT2D eigenvalue weighted by Gasteiger charge is -2.47. The largest absolute Gasteiger partial charge is 0.388 e. The molecule has 1 aliphatic carbocycles. The minimum Gasteiger partial charge on any atom is -0.388 e. The Morgan fingerprint density at radius 1 is 1.10 bits per heavy atom. The first-order valence-corrected chi connectivity index (χ1v) is 10.4. The van der Waals surface area contributed by atoms with Crippen molar-refractivity contribution in [2.75, 3.05) is 19.0 Å². The van der Waals surface area contributed by atoms with Crippen LogP contribution in [0.5, 0.6) is 0 Å². The van der Waals surface area contributed by atoms with Crippen molar-refractivity contribution in [2.24, 2.45) is 0 Å². The molecule has 0 bridgehead atoms. The van der Waals surface area contributed by atoms with Crippen molar-refractivity contribution in [3.8, 4) is 0 Å². The molecular formula is C24H25NO6. The highest BCUT2D eigenvalue weighted by Crippen LogP contribution is 2.35. The van der Waals surface area contributed by atoms with Gasteiger partial charge in [-0.2, -0.15) is 0 Å². The summed E-state index contributed by atoms with van der Waals surface area (Å²) in [4.78, 5) is 11.8. The van der Waals surface area contributed by atoms with Gasteiger partial charge in [-0.05, 0) is 29.3 Å². The van der Waals surface area contributed by atoms with Gasteiger partial charge in [-0.1, -0.05) is 42.5 Å². The number of ketones is 1. The molecule has 7 nitrogen and oxygen atoms in total. The molecule has 2 fully saturated rings. The van der Waals surface area contributed by atoms with E-state index in [0.717, 1.165) is 22.4 Å². The number of hydrogen-bond acceptors (Lipinski definition) is 7. The third-order valence-corrected chi connectivity index (χ3v) is 5.96. The van der Waals surface area contributed by atoms with Crippen LogP contribution in [0.3, 0.4) is 0 Å². The van der Waals surface area contributed by atoms with Crippen molar-refractivity contribution in [1.82, 2.24) is 0 Å². The first-order valence-electron chi connectivity index (χ1n) is 10.4. The average molecular weight is 423 g/mol. The fourth-order valence-corrected chi connectivity index (χ4v) is 4.36. The molecule has 2 N–H and O–H groups in total. The maximum absolute atomic E-state index is 11.8. The third-order valence-electron chi connectivity index (χ3n) is 5.96. The Balaban J connectivity index is 1.35. The number of carbonyl (C=O) groups excluding carboxylic acids is 1. The van der Waals surface area contributed by atoms with E-state index in [-0.39, 0.29) is 5.78 Å². The van der Waals surface area contributed by atoms with Crippen LogP contribution in [0, 0.1) is 0 Å². The second-order valence-corrected chi connectivity index (χ2v) is 8.01. The van der Waals surface area contributed by atoms with Crippen molar-refractivity contribution in [3.05, 3.63) is 71.3 Å². The van der Waals surface area contributed by atoms with E-state index >= 15 is 0 Å². The molecule has 162 valence electrons. The van der Waals surface area contributed by atoms with Gasteiger partial charge >= 0.3 is 0 Å². The standard InChI is InChI=1S/C24H25NO6/c1-28-24-20(25-17-9-7-14-8-10-18(26)12-16(14)11-17)21(27)22-19(30-24)13-29-23(31-22)15-5-3-2-4-6-15/h2-11,19-25,27H,12-13H2,1H3/t19?,20-,21?,22+,23?,24-/m0/s1. The van der Waals surface area contributed by atoms with Crippen molar-refractivity contribution in [1.29, 1.82) is 0 Å². The van der Waals surface area contributed by atoms with E-state index in [1.54, 1.807) is 13.2 Å². The molecule has 2 saturated heterocycles. The fraction of sp³-hybridized carbons (Fsp3) is 0.375. The minimum absolute atomic E-state index is 0.0749. The number of carbonyl (C=O) groups is 1. The molecule has 0 saturated carbocycles. The summed E-state index contributed by atoms with van der Waals surface area (Å²) >= 11 is 0. The molecule has 5 rings (SSSR count). The van der Waals surface area contributed by atoms with Crippen LogP contribution in [0.2, 0.25) is 0 Å². The highest BCUT2D eigenvalue weighted by molar-refractivity contribution is 5.98. The van der Waals surface area contributed by atoms with E-state index in [0.29, 0.717) is 13.0 Å². The highest BCUT2D eigenvalue weighted by atomic mass is 16.7. The summed E-state index contributed by atoms with van der Waals surface area (Å²) in [5, 5.41) is 14.5. The quantitative estimate of drug-likeness (QED) is 0.781. The number of allylic oxidation sites excluding steroid dienone is 1. The average Bonchev–Trinajstić information content (AvgIpc) is 2.81. The second-order valence-electron chi connectivity index (χ2n) is 8.01. The maximum Gasteiger partial charge on any atom is 0.184 e. The van der Waals surface area contributed by atoms with Gasteiger partial charge in [0, 0.05) is 24.8 Å². The van der Waals surface area contributed by atoms with Crippen molar-refractivity contribution < 1.29 is 28.8 Å². The van der Waals surface area contributed by atoms with Gasteiger partial charge in [-0.15, -0.1) is 0 Å². The summed E-state index contributed by atoms with van der Waals surface area (Å²) in [5.41, 5.74) is 3.63. The summed E-state index contributed by atoms with van der Waals surface area (Å²) in [7, 11) is 1.54. The van der Waals surface area contributed by atoms with E-state index in [9.17, 15) is 9.90 Å². The number of hydrogen-bond donors (Lipinski definition) is 2. The Kier molecular flexibility index (Phi) is 5.60. The lowest BCUT2D eigenvalue weighted by molar-refractivity contribution is -0.337. The second kappa shape index (κ2) is 8.53. The topological polar surface area (TPSA) is 86.2 Å². The molecule has 2 heterocycles. The smallest absolute Gasteiger partial charge is 0.184 e. The molecule has 6 atom stereocenters. The third kappa shape index (κ3) is 4.03. The number of methoxy groups -OCH3 is 1. The van der Waals surface area contributed by atoms with Gasteiger partial charge in [-0.3, -0.25) is 4.79 Å². The molecule has 2 aromatic rings. The van der Waals surface area contributed by atoms with Crippen LogP contribution in [0.15, 0.2) is 54.6 Å². The molecule has 0 spiro atoms. The molecule has 7 heteroatoms. The number of benzene rings is 2. The van der Waals surface area contributed by atoms with E-state index in [2.05, 4.69) is 5.32 Å². The van der Waals surface area contributed by atoms with Crippen molar-refractivity contribution in [3.63, 3.8) is 0 Å². The summed E-state index contributed by atoms with van der Waals surface area (Å²) in [5.74, 6) is 0.0749. The van der Waals surface area contributed by atoms with Gasteiger partial charge in [0.2, 0.25) is 0 Å². The molecule has 3 unspecified atom stereocenters. The SMILES string of the molecule is CO[C@H]1OC2COC(c3ccccc3)O[C@H]2C(O)[C@@H]1Nc1ccc2c(c1)CC(=O)C=C2. The molecule has 0 amide bonds. The lowest BCUT2D eigenvalue weighted by Crippen LogP contribution is -2.64. The van der Waals surface area contributed by atoms with Crippen molar-refractivity contribution >= 4 is 17.5 Å². The molecule has 2 aliphatic heterocycles. The maximum atomic E-state index is 11.8. The van der Waals surface area contributed by atoms with Crippen LogP contribution < -0.4 is 5.32 Å². The number of rotatable bonds is 4. The van der Waals surface area contributed by atoms with Crippen LogP contribution in [0.1, 0.15) is 23.0 Å². The number of ether oxygens (including phenoxy) is 4. The lowest BCUT2D eigenvalue weighted by atomic mass is 9.94. The zero-order chi connectivity index (χ0) is 21.4. The van der Waals surface area contributed by atoms with E-state index in [4.69, 9.17) is 18.9 Å². The molecule has 2 aromatic carbocycles. The minimum atomic E-state index is -0.892. The van der Waals surface area contributed by atoms with Crippen LogP contribution >= 0.6 is 0 Å². The Labute approximate surface area is 180 Å². The molecule has 3 aliphatic rings. The molecular weight excluding hydrogens is 398 g/mol. The highest BCUT2D eigenvalue weighted by Gasteiger charge is 2.49. The molecule has 0 aromatic heterocycles. The molecule has 31 heavy (non-hydrogen) atoms. The Morgan fingerprint density at radius 3 is 2.74 bits per heavy atom. The van der Waals surface area contributed by atoms with Crippen LogP contribution in [0.4, 0.5) is 5.69 Å². The van der Waals surface area contributed by atoms with E-state index in [1.165, 1.54) is 0 Å². The number of fused-ring (bicyclic) bond motifs is 2. The summed E-state index contributed by atoms with van der Waals surface area (Å²) < 4.78 is 23.5. The Bertz CT molecular complexity index is 977. The zero-order valence-electron chi connectivity index (χ0n) is 17.1.